The van der Waals surface area contributed by atoms with Gasteiger partial charge in [-0.05, 0) is 72.3 Å². The minimum Gasteiger partial charge on any atom is -0.288 e. The molecule has 0 spiro atoms. The molecular weight excluding hydrogens is 479 g/mol. The summed E-state index contributed by atoms with van der Waals surface area (Å²) in [5, 5.41) is 0. The molecule has 3 aromatic carbocycles. The topological polar surface area (TPSA) is 17.1 Å². The van der Waals surface area contributed by atoms with Crippen LogP contribution in [0.5, 0.6) is 0 Å². The fourth-order valence-corrected chi connectivity index (χ4v) is 3.69. The lowest BCUT2D eigenvalue weighted by Gasteiger charge is -2.08. The number of benzene rings is 3. The van der Waals surface area contributed by atoms with Crippen LogP contribution in [0.4, 0.5) is 4.39 Å². The Morgan fingerprint density at radius 2 is 1.35 bits per heavy atom. The van der Waals surface area contributed by atoms with Gasteiger partial charge in [-0.1, -0.05) is 55.8 Å². The zero-order chi connectivity index (χ0) is 18.5. The number of carbonyl (C=O) groups excluding carboxylic acids is 1. The van der Waals surface area contributed by atoms with E-state index >= 15 is 0 Å². The Balaban J connectivity index is 1.97. The summed E-state index contributed by atoms with van der Waals surface area (Å²) in [5.74, 6) is -0.377. The SMILES string of the molecule is O=C(C(=Cc1ccc(F)cc1)Sc1ccc(Br)cc1)c1ccc(Br)cc1. The van der Waals surface area contributed by atoms with E-state index in [1.54, 1.807) is 30.3 Å². The van der Waals surface area contributed by atoms with Gasteiger partial charge < -0.3 is 0 Å². The molecule has 0 aromatic heterocycles. The average Bonchev–Trinajstić information content (AvgIpc) is 2.65. The van der Waals surface area contributed by atoms with Gasteiger partial charge in [0.15, 0.2) is 5.78 Å². The van der Waals surface area contributed by atoms with Gasteiger partial charge in [0.25, 0.3) is 0 Å². The van der Waals surface area contributed by atoms with Crippen LogP contribution in [0.3, 0.4) is 0 Å². The molecule has 3 rings (SSSR count). The van der Waals surface area contributed by atoms with E-state index in [1.165, 1.54) is 23.9 Å². The second-order valence-corrected chi connectivity index (χ2v) is 8.40. The van der Waals surface area contributed by atoms with Crippen molar-refractivity contribution in [1.29, 1.82) is 0 Å². The molecule has 0 radical (unpaired) electrons. The van der Waals surface area contributed by atoms with Crippen LogP contribution in [0, 0.1) is 5.82 Å². The van der Waals surface area contributed by atoms with Crippen LogP contribution in [0.25, 0.3) is 6.08 Å². The van der Waals surface area contributed by atoms with Crippen LogP contribution >= 0.6 is 43.6 Å². The lowest BCUT2D eigenvalue weighted by Crippen LogP contribution is -2.01. The van der Waals surface area contributed by atoms with Crippen molar-refractivity contribution in [3.63, 3.8) is 0 Å². The first-order chi connectivity index (χ1) is 12.5. The largest absolute Gasteiger partial charge is 0.288 e. The van der Waals surface area contributed by atoms with Crippen molar-refractivity contribution in [2.24, 2.45) is 0 Å². The predicted molar refractivity (Wildman–Crippen MR) is 113 cm³/mol. The number of rotatable bonds is 5. The highest BCUT2D eigenvalue weighted by Crippen LogP contribution is 2.32. The van der Waals surface area contributed by atoms with E-state index in [-0.39, 0.29) is 11.6 Å². The molecule has 0 aliphatic rings. The molecule has 0 aliphatic heterocycles. The standard InChI is InChI=1S/C21H13Br2FOS/c22-16-5-3-15(4-6-16)21(25)20(13-14-1-9-18(24)10-2-14)26-19-11-7-17(23)8-12-19/h1-13H. The van der Waals surface area contributed by atoms with Crippen molar-refractivity contribution >= 4 is 55.5 Å². The normalized spacial score (nSPS) is 11.4. The third kappa shape index (κ3) is 5.16. The molecule has 0 saturated heterocycles. The second kappa shape index (κ2) is 8.80. The van der Waals surface area contributed by atoms with Crippen molar-refractivity contribution in [3.8, 4) is 0 Å². The van der Waals surface area contributed by atoms with Gasteiger partial charge in [-0.15, -0.1) is 0 Å². The Bertz CT molecular complexity index is 933. The number of Topliss-reactive ketones (excluding diaryl/α,β-unsaturated/α-hetero) is 1. The highest BCUT2D eigenvalue weighted by Gasteiger charge is 2.14. The van der Waals surface area contributed by atoms with Gasteiger partial charge >= 0.3 is 0 Å². The van der Waals surface area contributed by atoms with Crippen LogP contribution in [0.2, 0.25) is 0 Å². The Morgan fingerprint density at radius 1 is 0.808 bits per heavy atom. The number of hydrogen-bond donors (Lipinski definition) is 0. The maximum absolute atomic E-state index is 13.2. The van der Waals surface area contributed by atoms with Gasteiger partial charge in [0.1, 0.15) is 5.82 Å². The van der Waals surface area contributed by atoms with Crippen molar-refractivity contribution < 1.29 is 9.18 Å². The van der Waals surface area contributed by atoms with E-state index in [9.17, 15) is 9.18 Å². The molecule has 0 unspecified atom stereocenters. The van der Waals surface area contributed by atoms with Gasteiger partial charge in [-0.3, -0.25) is 4.79 Å². The summed E-state index contributed by atoms with van der Waals surface area (Å²) >= 11 is 8.18. The molecule has 0 atom stereocenters. The number of ketones is 1. The molecule has 0 heterocycles. The molecule has 130 valence electrons. The second-order valence-electron chi connectivity index (χ2n) is 5.45. The van der Waals surface area contributed by atoms with Crippen molar-refractivity contribution in [1.82, 2.24) is 0 Å². The summed E-state index contributed by atoms with van der Waals surface area (Å²) in [6, 6.07) is 21.1. The fraction of sp³-hybridized carbons (Fsp3) is 0. The first-order valence-corrected chi connectivity index (χ1v) is 10.1. The van der Waals surface area contributed by atoms with Crippen molar-refractivity contribution in [3.05, 3.63) is 104 Å². The molecule has 0 fully saturated rings. The summed E-state index contributed by atoms with van der Waals surface area (Å²) in [7, 11) is 0. The Hall–Kier alpha value is -1.69. The minimum absolute atomic E-state index is 0.0743. The number of halogens is 3. The first-order valence-electron chi connectivity index (χ1n) is 7.72. The highest BCUT2D eigenvalue weighted by atomic mass is 79.9. The maximum Gasteiger partial charge on any atom is 0.199 e. The molecule has 5 heteroatoms. The Morgan fingerprint density at radius 3 is 1.92 bits per heavy atom. The zero-order valence-electron chi connectivity index (χ0n) is 13.5. The van der Waals surface area contributed by atoms with Gasteiger partial charge in [-0.2, -0.15) is 0 Å². The summed E-state index contributed by atoms with van der Waals surface area (Å²) < 4.78 is 15.1. The van der Waals surface area contributed by atoms with Crippen LogP contribution in [0.15, 0.2) is 91.5 Å². The van der Waals surface area contributed by atoms with Gasteiger partial charge in [0, 0.05) is 19.4 Å². The van der Waals surface area contributed by atoms with E-state index in [2.05, 4.69) is 31.9 Å². The number of hydrogen-bond acceptors (Lipinski definition) is 2. The number of thioether (sulfide) groups is 1. The Kier molecular flexibility index (Phi) is 6.46. The minimum atomic E-state index is -0.302. The quantitative estimate of drug-likeness (QED) is 0.210. The molecule has 0 N–H and O–H groups in total. The van der Waals surface area contributed by atoms with Crippen LogP contribution in [-0.4, -0.2) is 5.78 Å². The van der Waals surface area contributed by atoms with Gasteiger partial charge in [0.05, 0.1) is 4.91 Å². The van der Waals surface area contributed by atoms with Crippen LogP contribution in [-0.2, 0) is 0 Å². The summed E-state index contributed by atoms with van der Waals surface area (Å²) in [4.78, 5) is 14.5. The van der Waals surface area contributed by atoms with E-state index < -0.39 is 0 Å². The van der Waals surface area contributed by atoms with Crippen LogP contribution < -0.4 is 0 Å². The average molecular weight is 492 g/mol. The number of carbonyl (C=O) groups is 1. The molecule has 26 heavy (non-hydrogen) atoms. The highest BCUT2D eigenvalue weighted by molar-refractivity contribution is 9.10. The predicted octanol–water partition coefficient (Wildman–Crippen LogP) is 7.37. The summed E-state index contributed by atoms with van der Waals surface area (Å²) in [6.07, 6.45) is 1.79. The lowest BCUT2D eigenvalue weighted by molar-refractivity contribution is 0.104. The molecule has 0 bridgehead atoms. The summed E-state index contributed by atoms with van der Waals surface area (Å²) in [6.45, 7) is 0. The first kappa shape index (κ1) is 19.1. The third-order valence-corrected chi connectivity index (χ3v) is 5.63. The fourth-order valence-electron chi connectivity index (χ4n) is 2.22. The van der Waals surface area contributed by atoms with E-state index in [4.69, 9.17) is 0 Å². The smallest absolute Gasteiger partial charge is 0.199 e. The molecular formula is C21H13Br2FOS. The monoisotopic (exact) mass is 490 g/mol. The zero-order valence-corrected chi connectivity index (χ0v) is 17.4. The van der Waals surface area contributed by atoms with E-state index in [1.807, 2.05) is 36.4 Å². The van der Waals surface area contributed by atoms with E-state index in [0.717, 1.165) is 19.4 Å². The van der Waals surface area contributed by atoms with Crippen molar-refractivity contribution in [2.75, 3.05) is 0 Å². The van der Waals surface area contributed by atoms with Gasteiger partial charge in [-0.25, -0.2) is 4.39 Å². The van der Waals surface area contributed by atoms with E-state index in [0.29, 0.717) is 10.5 Å². The van der Waals surface area contributed by atoms with Crippen molar-refractivity contribution in [2.45, 2.75) is 4.90 Å². The lowest BCUT2D eigenvalue weighted by atomic mass is 10.1. The third-order valence-electron chi connectivity index (χ3n) is 3.54. The molecule has 0 saturated carbocycles. The van der Waals surface area contributed by atoms with Gasteiger partial charge in [0.2, 0.25) is 0 Å². The Labute approximate surface area is 172 Å². The molecule has 0 amide bonds. The van der Waals surface area contributed by atoms with Crippen LogP contribution in [0.1, 0.15) is 15.9 Å². The molecule has 3 aromatic rings. The molecule has 1 nitrogen and oxygen atoms in total. The number of allylic oxidation sites excluding steroid dienone is 1. The maximum atomic E-state index is 13.2. The summed E-state index contributed by atoms with van der Waals surface area (Å²) in [5.41, 5.74) is 1.38. The molecule has 0 aliphatic carbocycles.